The summed E-state index contributed by atoms with van der Waals surface area (Å²) >= 11 is 0. The van der Waals surface area contributed by atoms with Gasteiger partial charge in [-0.2, -0.15) is 4.98 Å². The summed E-state index contributed by atoms with van der Waals surface area (Å²) in [6, 6.07) is 6.31. The fourth-order valence-electron chi connectivity index (χ4n) is 5.78. The quantitative estimate of drug-likeness (QED) is 0.409. The van der Waals surface area contributed by atoms with E-state index in [1.807, 2.05) is 18.2 Å². The van der Waals surface area contributed by atoms with Crippen LogP contribution in [0.2, 0.25) is 0 Å². The molecular weight excluding hydrogens is 496 g/mol. The first kappa shape index (κ1) is 25.5. The molecule has 0 bridgehead atoms. The normalized spacial score (nSPS) is 19.8. The van der Waals surface area contributed by atoms with E-state index in [-0.39, 0.29) is 11.9 Å². The molecule has 11 nitrogen and oxygen atoms in total. The van der Waals surface area contributed by atoms with Crippen LogP contribution in [0.5, 0.6) is 5.75 Å². The second-order valence-corrected chi connectivity index (χ2v) is 10.6. The van der Waals surface area contributed by atoms with E-state index in [0.29, 0.717) is 47.8 Å². The molecule has 11 heteroatoms. The van der Waals surface area contributed by atoms with Crippen LogP contribution in [-0.2, 0) is 11.3 Å². The zero-order valence-electron chi connectivity index (χ0n) is 22.8. The van der Waals surface area contributed by atoms with Gasteiger partial charge in [0, 0.05) is 24.7 Å². The topological polar surface area (TPSA) is 122 Å². The number of nitrogens with one attached hydrogen (secondary N) is 2. The standard InChI is InChI=1S/C28H36N8O3/c1-4-21-27(37)35(2)22-15-30-28(32-25(22)36(21)19-10-5-6-11-19)31-20-13-12-17(14-23(20)38-3)26-34-33-24(39-26)16-29-18-8-7-9-18/h12-15,18-19,21,29H,4-11,16H2,1-3H3,(H,30,31,32)/t21-/m1/s1. The number of fused-ring (bicyclic) bond motifs is 1. The van der Waals surface area contributed by atoms with Gasteiger partial charge in [-0.1, -0.05) is 26.2 Å². The van der Waals surface area contributed by atoms with Gasteiger partial charge in [-0.25, -0.2) is 4.98 Å². The molecule has 1 aromatic carbocycles. The molecule has 2 aliphatic carbocycles. The molecular formula is C28H36N8O3. The van der Waals surface area contributed by atoms with E-state index in [1.54, 1.807) is 25.3 Å². The van der Waals surface area contributed by atoms with Crippen LogP contribution in [0.15, 0.2) is 28.8 Å². The van der Waals surface area contributed by atoms with E-state index in [4.69, 9.17) is 14.1 Å². The molecule has 206 valence electrons. The molecule has 2 aromatic heterocycles. The zero-order valence-corrected chi connectivity index (χ0v) is 22.8. The molecule has 0 saturated heterocycles. The summed E-state index contributed by atoms with van der Waals surface area (Å²) < 4.78 is 11.6. The van der Waals surface area contributed by atoms with Crippen LogP contribution < -0.4 is 25.2 Å². The van der Waals surface area contributed by atoms with E-state index >= 15 is 0 Å². The molecule has 1 aliphatic heterocycles. The van der Waals surface area contributed by atoms with E-state index in [2.05, 4.69) is 37.6 Å². The first-order valence-electron chi connectivity index (χ1n) is 14.0. The van der Waals surface area contributed by atoms with Gasteiger partial charge in [0.1, 0.15) is 17.5 Å². The highest BCUT2D eigenvalue weighted by molar-refractivity contribution is 6.04. The Hall–Kier alpha value is -3.73. The number of likely N-dealkylation sites (N-methyl/N-ethyl adjacent to an activating group) is 1. The maximum absolute atomic E-state index is 13.2. The third-order valence-electron chi connectivity index (χ3n) is 8.22. The first-order valence-corrected chi connectivity index (χ1v) is 14.0. The van der Waals surface area contributed by atoms with Gasteiger partial charge < -0.3 is 29.6 Å². The van der Waals surface area contributed by atoms with Crippen LogP contribution in [0.25, 0.3) is 11.5 Å². The number of nitrogens with zero attached hydrogens (tertiary/aromatic N) is 6. The lowest BCUT2D eigenvalue weighted by Crippen LogP contribution is -2.55. The van der Waals surface area contributed by atoms with Crippen molar-refractivity contribution in [1.82, 2.24) is 25.5 Å². The smallest absolute Gasteiger partial charge is 0.249 e. The third kappa shape index (κ3) is 4.91. The number of aromatic nitrogens is 4. The number of anilines is 4. The lowest BCUT2D eigenvalue weighted by molar-refractivity contribution is -0.120. The minimum Gasteiger partial charge on any atom is -0.495 e. The van der Waals surface area contributed by atoms with Gasteiger partial charge >= 0.3 is 0 Å². The Morgan fingerprint density at radius 3 is 2.67 bits per heavy atom. The van der Waals surface area contributed by atoms with Crippen LogP contribution in [0, 0.1) is 0 Å². The lowest BCUT2D eigenvalue weighted by Gasteiger charge is -2.43. The van der Waals surface area contributed by atoms with E-state index < -0.39 is 0 Å². The summed E-state index contributed by atoms with van der Waals surface area (Å²) in [5.41, 5.74) is 2.22. The van der Waals surface area contributed by atoms with Crippen LogP contribution in [0.4, 0.5) is 23.1 Å². The average Bonchev–Trinajstić information content (AvgIpc) is 3.63. The van der Waals surface area contributed by atoms with Crippen molar-refractivity contribution < 1.29 is 13.9 Å². The van der Waals surface area contributed by atoms with E-state index in [1.165, 1.54) is 32.1 Å². The fourth-order valence-corrected chi connectivity index (χ4v) is 5.78. The Labute approximate surface area is 228 Å². The summed E-state index contributed by atoms with van der Waals surface area (Å²) in [4.78, 5) is 26.6. The van der Waals surface area contributed by atoms with Crippen molar-refractivity contribution in [3.63, 3.8) is 0 Å². The summed E-state index contributed by atoms with van der Waals surface area (Å²) in [6.07, 6.45) is 10.6. The molecule has 3 aliphatic rings. The van der Waals surface area contributed by atoms with Gasteiger partial charge in [0.25, 0.3) is 0 Å². The van der Waals surface area contributed by atoms with Crippen LogP contribution in [0.3, 0.4) is 0 Å². The molecule has 3 heterocycles. The van der Waals surface area contributed by atoms with Gasteiger partial charge in [-0.15, -0.1) is 10.2 Å². The maximum Gasteiger partial charge on any atom is 0.249 e. The number of methoxy groups -OCH3 is 1. The Morgan fingerprint density at radius 1 is 1.13 bits per heavy atom. The number of carbonyl (C=O) groups is 1. The van der Waals surface area contributed by atoms with Gasteiger partial charge in [0.05, 0.1) is 25.5 Å². The molecule has 2 N–H and O–H groups in total. The molecule has 1 atom stereocenters. The van der Waals surface area contributed by atoms with Crippen molar-refractivity contribution in [3.8, 4) is 17.2 Å². The van der Waals surface area contributed by atoms with Crippen LogP contribution in [-0.4, -0.2) is 58.4 Å². The molecule has 0 unspecified atom stereocenters. The molecule has 39 heavy (non-hydrogen) atoms. The molecule has 0 spiro atoms. The fraction of sp³-hybridized carbons (Fsp3) is 0.536. The van der Waals surface area contributed by atoms with Crippen molar-refractivity contribution in [1.29, 1.82) is 0 Å². The van der Waals surface area contributed by atoms with E-state index in [9.17, 15) is 4.79 Å². The predicted octanol–water partition coefficient (Wildman–Crippen LogP) is 4.42. The molecule has 2 saturated carbocycles. The molecule has 6 rings (SSSR count). The second kappa shape index (κ2) is 10.8. The SMILES string of the molecule is CC[C@@H]1C(=O)N(C)c2cnc(Nc3ccc(-c4nnc(CNC5CCC5)o4)cc3OC)nc2N1C1CCCC1. The third-order valence-corrected chi connectivity index (χ3v) is 8.22. The molecule has 0 radical (unpaired) electrons. The Morgan fingerprint density at radius 2 is 1.95 bits per heavy atom. The molecule has 3 aromatic rings. The lowest BCUT2D eigenvalue weighted by atomic mass is 9.93. The van der Waals surface area contributed by atoms with Gasteiger partial charge in [-0.3, -0.25) is 4.79 Å². The second-order valence-electron chi connectivity index (χ2n) is 10.6. The van der Waals surface area contributed by atoms with Crippen molar-refractivity contribution in [2.24, 2.45) is 0 Å². The predicted molar refractivity (Wildman–Crippen MR) is 148 cm³/mol. The van der Waals surface area contributed by atoms with Crippen molar-refractivity contribution in [2.45, 2.75) is 83.0 Å². The van der Waals surface area contributed by atoms with Crippen molar-refractivity contribution >= 4 is 29.0 Å². The van der Waals surface area contributed by atoms with Crippen LogP contribution in [0.1, 0.15) is 64.2 Å². The number of hydrogen-bond donors (Lipinski definition) is 2. The summed E-state index contributed by atoms with van der Waals surface area (Å²) in [6.45, 7) is 2.63. The summed E-state index contributed by atoms with van der Waals surface area (Å²) in [7, 11) is 3.43. The Bertz CT molecular complexity index is 1330. The van der Waals surface area contributed by atoms with E-state index in [0.717, 1.165) is 36.3 Å². The highest BCUT2D eigenvalue weighted by atomic mass is 16.5. The number of ether oxygens (including phenoxy) is 1. The zero-order chi connectivity index (χ0) is 26.9. The van der Waals surface area contributed by atoms with Gasteiger partial charge in [0.2, 0.25) is 23.6 Å². The summed E-state index contributed by atoms with van der Waals surface area (Å²) in [5, 5.41) is 15.2. The number of rotatable bonds is 9. The first-order chi connectivity index (χ1) is 19.1. The summed E-state index contributed by atoms with van der Waals surface area (Å²) in [5.74, 6) is 2.97. The number of hydrogen-bond acceptors (Lipinski definition) is 10. The van der Waals surface area contributed by atoms with Crippen molar-refractivity contribution in [3.05, 3.63) is 30.3 Å². The Balaban J connectivity index is 1.24. The number of benzene rings is 1. The van der Waals surface area contributed by atoms with Crippen LogP contribution >= 0.6 is 0 Å². The highest BCUT2D eigenvalue weighted by Crippen LogP contribution is 2.40. The largest absolute Gasteiger partial charge is 0.495 e. The minimum absolute atomic E-state index is 0.0986. The average molecular weight is 533 g/mol. The van der Waals surface area contributed by atoms with Crippen molar-refractivity contribution in [2.75, 3.05) is 29.3 Å². The Kier molecular flexibility index (Phi) is 7.07. The number of amides is 1. The molecule has 1 amide bonds. The number of carbonyl (C=O) groups excluding carboxylic acids is 1. The minimum atomic E-state index is -0.217. The highest BCUT2D eigenvalue weighted by Gasteiger charge is 2.41. The maximum atomic E-state index is 13.2. The van der Waals surface area contributed by atoms with Gasteiger partial charge in [-0.05, 0) is 50.3 Å². The monoisotopic (exact) mass is 532 g/mol. The molecule has 2 fully saturated rings. The van der Waals surface area contributed by atoms with Gasteiger partial charge in [0.15, 0.2) is 5.82 Å².